The highest BCUT2D eigenvalue weighted by molar-refractivity contribution is 5.96. The zero-order valence-corrected chi connectivity index (χ0v) is 12.4. The fourth-order valence-corrected chi connectivity index (χ4v) is 2.06. The van der Waals surface area contributed by atoms with E-state index in [0.29, 0.717) is 0 Å². The van der Waals surface area contributed by atoms with Crippen LogP contribution in [-0.2, 0) is 4.74 Å². The Morgan fingerprint density at radius 3 is 2.75 bits per heavy atom. The Morgan fingerprint density at radius 2 is 2.17 bits per heavy atom. The molecule has 0 bridgehead atoms. The fourth-order valence-electron chi connectivity index (χ4n) is 2.06. The number of halogens is 3. The lowest BCUT2D eigenvalue weighted by Gasteiger charge is -2.14. The number of anilines is 1. The van der Waals surface area contributed by atoms with Gasteiger partial charge in [-0.3, -0.25) is 0 Å². The molecule has 0 aliphatic rings. The highest BCUT2D eigenvalue weighted by Gasteiger charge is 2.24. The Morgan fingerprint density at radius 1 is 1.46 bits per heavy atom. The van der Waals surface area contributed by atoms with Crippen molar-refractivity contribution in [3.63, 3.8) is 0 Å². The number of nitrogens with zero attached hydrogens (tertiary/aromatic N) is 2. The Bertz CT molecular complexity index is 812. The number of aromatic nitrogens is 1. The number of alkyl halides is 2. The molecule has 126 valence electrons. The number of ether oxygens (including phenoxy) is 2. The number of nitrogens with two attached hydrogens (primary N) is 1. The van der Waals surface area contributed by atoms with Crippen LogP contribution < -0.4 is 10.5 Å². The first-order chi connectivity index (χ1) is 11.4. The molecule has 0 fully saturated rings. The molecule has 0 saturated heterocycles. The van der Waals surface area contributed by atoms with Gasteiger partial charge in [-0.25, -0.2) is 18.0 Å². The van der Waals surface area contributed by atoms with Gasteiger partial charge < -0.3 is 19.8 Å². The lowest BCUT2D eigenvalue weighted by atomic mass is 10.2. The van der Waals surface area contributed by atoms with Gasteiger partial charge in [-0.2, -0.15) is 5.26 Å². The van der Waals surface area contributed by atoms with Crippen molar-refractivity contribution in [1.29, 1.82) is 5.26 Å². The normalized spacial score (nSPS) is 10.5. The highest BCUT2D eigenvalue weighted by atomic mass is 19.3. The molecule has 24 heavy (non-hydrogen) atoms. The van der Waals surface area contributed by atoms with Gasteiger partial charge in [-0.1, -0.05) is 0 Å². The van der Waals surface area contributed by atoms with Crippen molar-refractivity contribution < 1.29 is 27.4 Å². The maximum absolute atomic E-state index is 13.6. The molecule has 0 spiro atoms. The molecule has 0 atom stereocenters. The molecule has 0 saturated carbocycles. The van der Waals surface area contributed by atoms with Crippen LogP contribution in [0.25, 0.3) is 5.69 Å². The summed E-state index contributed by atoms with van der Waals surface area (Å²) < 4.78 is 49.0. The predicted octanol–water partition coefficient (Wildman–Crippen LogP) is 2.50. The van der Waals surface area contributed by atoms with Gasteiger partial charge in [0.25, 0.3) is 6.43 Å². The van der Waals surface area contributed by atoms with Crippen molar-refractivity contribution in [3.05, 3.63) is 41.5 Å². The first-order valence-electron chi connectivity index (χ1n) is 6.59. The molecule has 1 heterocycles. The molecule has 2 N–H and O–H groups in total. The van der Waals surface area contributed by atoms with E-state index in [9.17, 15) is 18.0 Å². The molecule has 9 heteroatoms. The number of carbonyl (C=O) groups is 1. The number of rotatable bonds is 5. The minimum atomic E-state index is -2.74. The van der Waals surface area contributed by atoms with Crippen LogP contribution in [0.5, 0.6) is 5.75 Å². The number of methoxy groups -OCH3 is 1. The van der Waals surface area contributed by atoms with Crippen LogP contribution in [0.1, 0.15) is 16.1 Å². The van der Waals surface area contributed by atoms with E-state index in [-0.39, 0.29) is 28.4 Å². The van der Waals surface area contributed by atoms with E-state index in [1.165, 1.54) is 6.20 Å². The summed E-state index contributed by atoms with van der Waals surface area (Å²) in [4.78, 5) is 11.9. The smallest absolute Gasteiger partial charge is 0.357 e. The van der Waals surface area contributed by atoms with Gasteiger partial charge in [0.2, 0.25) is 0 Å². The van der Waals surface area contributed by atoms with E-state index in [2.05, 4.69) is 4.74 Å². The van der Waals surface area contributed by atoms with Gasteiger partial charge in [0.15, 0.2) is 5.69 Å². The van der Waals surface area contributed by atoms with Crippen LogP contribution in [-0.4, -0.2) is 30.7 Å². The zero-order valence-electron chi connectivity index (χ0n) is 12.4. The van der Waals surface area contributed by atoms with Gasteiger partial charge in [0, 0.05) is 12.3 Å². The van der Waals surface area contributed by atoms with Crippen molar-refractivity contribution in [3.8, 4) is 17.5 Å². The van der Waals surface area contributed by atoms with E-state index in [1.54, 1.807) is 6.07 Å². The molecule has 0 unspecified atom stereocenters. The average Bonchev–Trinajstić information content (AvgIpc) is 2.89. The van der Waals surface area contributed by atoms with E-state index >= 15 is 0 Å². The summed E-state index contributed by atoms with van der Waals surface area (Å²) in [7, 11) is 1.10. The molecule has 6 nitrogen and oxygen atoms in total. The number of esters is 1. The molecule has 1 aromatic carbocycles. The minimum absolute atomic E-state index is 0.0560. The number of nitrogen functional groups attached to an aromatic ring is 1. The maximum atomic E-state index is 13.6. The third-order valence-electron chi connectivity index (χ3n) is 3.09. The maximum Gasteiger partial charge on any atom is 0.357 e. The Hall–Kier alpha value is -3.15. The van der Waals surface area contributed by atoms with Crippen LogP contribution >= 0.6 is 0 Å². The van der Waals surface area contributed by atoms with Crippen LogP contribution in [0, 0.1) is 17.1 Å². The fraction of sp³-hybridized carbons (Fsp3) is 0.200. The van der Waals surface area contributed by atoms with Crippen molar-refractivity contribution in [2.75, 3.05) is 19.5 Å². The van der Waals surface area contributed by atoms with Crippen molar-refractivity contribution in [2.45, 2.75) is 6.43 Å². The first-order valence-corrected chi connectivity index (χ1v) is 6.59. The summed E-state index contributed by atoms with van der Waals surface area (Å²) in [5.41, 5.74) is 5.21. The van der Waals surface area contributed by atoms with E-state index in [0.717, 1.165) is 29.9 Å². The number of carbonyl (C=O) groups excluding carboxylic acids is 1. The van der Waals surface area contributed by atoms with Crippen LogP contribution in [0.4, 0.5) is 18.9 Å². The largest absolute Gasteiger partial charge is 0.485 e. The Balaban J connectivity index is 2.65. The molecule has 2 rings (SSSR count). The molecular weight excluding hydrogens is 327 g/mol. The molecule has 0 amide bonds. The number of hydrogen-bond acceptors (Lipinski definition) is 5. The SMILES string of the molecule is COC(=O)c1c(N)c(C#N)cn1-c1cc(F)ccc1OCC(F)F. The quantitative estimate of drug-likeness (QED) is 0.845. The van der Waals surface area contributed by atoms with Crippen LogP contribution in [0.2, 0.25) is 0 Å². The summed E-state index contributed by atoms with van der Waals surface area (Å²) >= 11 is 0. The van der Waals surface area contributed by atoms with Crippen molar-refractivity contribution >= 4 is 11.7 Å². The summed E-state index contributed by atoms with van der Waals surface area (Å²) in [6, 6.07) is 4.90. The lowest BCUT2D eigenvalue weighted by molar-refractivity contribution is 0.0592. The number of hydrogen-bond donors (Lipinski definition) is 1. The second-order valence-corrected chi connectivity index (χ2v) is 4.59. The molecular formula is C15H12F3N3O3. The summed E-state index contributed by atoms with van der Waals surface area (Å²) in [5.74, 6) is -1.68. The Kier molecular flexibility index (Phi) is 4.99. The van der Waals surface area contributed by atoms with Gasteiger partial charge in [0.1, 0.15) is 24.2 Å². The first kappa shape index (κ1) is 17.2. The number of benzene rings is 1. The molecule has 0 aliphatic heterocycles. The van der Waals surface area contributed by atoms with Crippen LogP contribution in [0.3, 0.4) is 0 Å². The summed E-state index contributed by atoms with van der Waals surface area (Å²) in [6.45, 7) is -0.923. The molecule has 0 radical (unpaired) electrons. The topological polar surface area (TPSA) is 90.3 Å². The van der Waals surface area contributed by atoms with Gasteiger partial charge in [0.05, 0.1) is 24.0 Å². The van der Waals surface area contributed by atoms with E-state index < -0.39 is 24.8 Å². The van der Waals surface area contributed by atoms with E-state index in [4.69, 9.17) is 15.7 Å². The summed E-state index contributed by atoms with van der Waals surface area (Å²) in [5, 5.41) is 9.06. The van der Waals surface area contributed by atoms with Crippen molar-refractivity contribution in [1.82, 2.24) is 4.57 Å². The number of nitriles is 1. The summed E-state index contributed by atoms with van der Waals surface area (Å²) in [6.07, 6.45) is -1.57. The average molecular weight is 339 g/mol. The zero-order chi connectivity index (χ0) is 17.9. The predicted molar refractivity (Wildman–Crippen MR) is 77.7 cm³/mol. The van der Waals surface area contributed by atoms with Crippen LogP contribution in [0.15, 0.2) is 24.4 Å². The molecule has 0 aliphatic carbocycles. The monoisotopic (exact) mass is 339 g/mol. The molecule has 2 aromatic rings. The van der Waals surface area contributed by atoms with Gasteiger partial charge in [-0.15, -0.1) is 0 Å². The standard InChI is InChI=1S/C15H12F3N3O3/c1-23-15(22)14-13(20)8(5-19)6-21(14)10-4-9(16)2-3-11(10)24-7-12(17)18/h2-4,6,12H,7,20H2,1H3. The van der Waals surface area contributed by atoms with Crippen molar-refractivity contribution in [2.24, 2.45) is 0 Å². The third kappa shape index (κ3) is 3.27. The second-order valence-electron chi connectivity index (χ2n) is 4.59. The van der Waals surface area contributed by atoms with Gasteiger partial charge >= 0.3 is 5.97 Å². The van der Waals surface area contributed by atoms with Gasteiger partial charge in [-0.05, 0) is 12.1 Å². The Labute approximate surface area is 134 Å². The lowest BCUT2D eigenvalue weighted by Crippen LogP contribution is -2.13. The second kappa shape index (κ2) is 6.95. The third-order valence-corrected chi connectivity index (χ3v) is 3.09. The highest BCUT2D eigenvalue weighted by Crippen LogP contribution is 2.31. The minimum Gasteiger partial charge on any atom is -0.485 e. The van der Waals surface area contributed by atoms with E-state index in [1.807, 2.05) is 0 Å². The molecule has 1 aromatic heterocycles.